The third kappa shape index (κ3) is 2.16. The normalized spacial score (nSPS) is 36.5. The molecule has 122 valence electrons. The van der Waals surface area contributed by atoms with Crippen molar-refractivity contribution in [2.75, 3.05) is 27.2 Å². The van der Waals surface area contributed by atoms with Gasteiger partial charge in [-0.1, -0.05) is 0 Å². The number of ether oxygens (including phenoxy) is 4. The van der Waals surface area contributed by atoms with Crippen LogP contribution in [0.2, 0.25) is 0 Å². The molecule has 3 fully saturated rings. The quantitative estimate of drug-likeness (QED) is 0.618. The van der Waals surface area contributed by atoms with E-state index in [2.05, 4.69) is 0 Å². The lowest BCUT2D eigenvalue weighted by molar-refractivity contribution is -0.219. The average molecular weight is 314 g/mol. The predicted molar refractivity (Wildman–Crippen MR) is 69.8 cm³/mol. The van der Waals surface area contributed by atoms with E-state index in [4.69, 9.17) is 18.9 Å². The number of imide groups is 1. The standard InChI is InChI=1S/C13H18N2O7/c1-12(2)20-7-5-19-13(9(16)8(7)21-12)6-15(11(18)22-13)10(17)14(3)4/h7-8H,5-6H2,1-4H3/t7-,8-,13+/m1/s1. The van der Waals surface area contributed by atoms with Crippen molar-refractivity contribution in [1.82, 2.24) is 9.80 Å². The molecular formula is C13H18N2O7. The van der Waals surface area contributed by atoms with E-state index >= 15 is 0 Å². The summed E-state index contributed by atoms with van der Waals surface area (Å²) in [6, 6.07) is -0.579. The Labute approximate surface area is 127 Å². The van der Waals surface area contributed by atoms with Gasteiger partial charge in [-0.05, 0) is 13.8 Å². The second kappa shape index (κ2) is 4.64. The van der Waals surface area contributed by atoms with E-state index in [1.165, 1.54) is 19.0 Å². The number of amides is 3. The molecule has 3 aliphatic heterocycles. The Balaban J connectivity index is 1.82. The number of fused-ring (bicyclic) bond motifs is 1. The van der Waals surface area contributed by atoms with Crippen LogP contribution in [-0.2, 0) is 23.7 Å². The molecule has 3 rings (SSSR count). The molecule has 0 aliphatic carbocycles. The van der Waals surface area contributed by atoms with Crippen LogP contribution in [0.4, 0.5) is 9.59 Å². The smallest absolute Gasteiger partial charge is 0.406 e. The second-order valence-electron chi connectivity index (χ2n) is 6.15. The van der Waals surface area contributed by atoms with Crippen molar-refractivity contribution in [3.8, 4) is 0 Å². The Bertz CT molecular complexity index is 547. The van der Waals surface area contributed by atoms with Crippen LogP contribution in [0.25, 0.3) is 0 Å². The van der Waals surface area contributed by atoms with Crippen LogP contribution in [0, 0.1) is 0 Å². The summed E-state index contributed by atoms with van der Waals surface area (Å²) < 4.78 is 21.7. The fourth-order valence-electron chi connectivity index (χ4n) is 2.78. The Morgan fingerprint density at radius 1 is 1.27 bits per heavy atom. The van der Waals surface area contributed by atoms with Gasteiger partial charge in [-0.2, -0.15) is 0 Å². The Morgan fingerprint density at radius 3 is 2.59 bits per heavy atom. The molecule has 0 bridgehead atoms. The molecule has 0 saturated carbocycles. The largest absolute Gasteiger partial charge is 0.421 e. The molecule has 9 nitrogen and oxygen atoms in total. The van der Waals surface area contributed by atoms with E-state index in [0.717, 1.165) is 4.90 Å². The molecule has 3 amide bonds. The lowest BCUT2D eigenvalue weighted by atomic mass is 9.99. The molecule has 0 aromatic carbocycles. The van der Waals surface area contributed by atoms with Gasteiger partial charge in [0.1, 0.15) is 12.6 Å². The van der Waals surface area contributed by atoms with Crippen LogP contribution in [0.3, 0.4) is 0 Å². The van der Waals surface area contributed by atoms with Gasteiger partial charge in [-0.25, -0.2) is 14.5 Å². The first-order valence-electron chi connectivity index (χ1n) is 6.91. The van der Waals surface area contributed by atoms with Crippen molar-refractivity contribution in [1.29, 1.82) is 0 Å². The first kappa shape index (κ1) is 15.2. The number of urea groups is 1. The van der Waals surface area contributed by atoms with Crippen molar-refractivity contribution in [3.05, 3.63) is 0 Å². The minimum atomic E-state index is -1.81. The fraction of sp³-hybridized carbons (Fsp3) is 0.769. The first-order chi connectivity index (χ1) is 10.2. The highest BCUT2D eigenvalue weighted by Crippen LogP contribution is 2.39. The van der Waals surface area contributed by atoms with E-state index in [-0.39, 0.29) is 13.2 Å². The van der Waals surface area contributed by atoms with Crippen LogP contribution in [0.5, 0.6) is 0 Å². The number of carbonyl (C=O) groups is 3. The van der Waals surface area contributed by atoms with Crippen molar-refractivity contribution >= 4 is 17.9 Å². The third-order valence-corrected chi connectivity index (χ3v) is 3.75. The van der Waals surface area contributed by atoms with Gasteiger partial charge in [0.2, 0.25) is 5.78 Å². The van der Waals surface area contributed by atoms with Gasteiger partial charge in [-0.15, -0.1) is 0 Å². The monoisotopic (exact) mass is 314 g/mol. The van der Waals surface area contributed by atoms with Crippen LogP contribution in [-0.4, -0.2) is 78.7 Å². The van der Waals surface area contributed by atoms with E-state index in [1.54, 1.807) is 13.8 Å². The molecular weight excluding hydrogens is 296 g/mol. The van der Waals surface area contributed by atoms with Crippen molar-refractivity contribution in [2.24, 2.45) is 0 Å². The molecule has 3 aliphatic rings. The van der Waals surface area contributed by atoms with Crippen molar-refractivity contribution in [2.45, 2.75) is 37.6 Å². The van der Waals surface area contributed by atoms with Gasteiger partial charge in [-0.3, -0.25) is 4.79 Å². The van der Waals surface area contributed by atoms with Crippen LogP contribution in [0.1, 0.15) is 13.8 Å². The SMILES string of the molecule is CN(C)C(=O)N1C[C@]2(OC[C@H]3OC(C)(C)O[C@H]3C2=O)OC1=O. The lowest BCUT2D eigenvalue weighted by Crippen LogP contribution is -2.59. The highest BCUT2D eigenvalue weighted by molar-refractivity contribution is 5.99. The van der Waals surface area contributed by atoms with Gasteiger partial charge in [0.25, 0.3) is 5.79 Å². The van der Waals surface area contributed by atoms with Gasteiger partial charge in [0.05, 0.1) is 6.61 Å². The maximum absolute atomic E-state index is 12.6. The summed E-state index contributed by atoms with van der Waals surface area (Å²) in [7, 11) is 2.99. The molecule has 0 radical (unpaired) electrons. The fourth-order valence-corrected chi connectivity index (χ4v) is 2.78. The molecule has 9 heteroatoms. The topological polar surface area (TPSA) is 94.6 Å². The first-order valence-corrected chi connectivity index (χ1v) is 6.91. The molecule has 0 aromatic rings. The van der Waals surface area contributed by atoms with Gasteiger partial charge in [0.15, 0.2) is 11.9 Å². The van der Waals surface area contributed by atoms with Crippen molar-refractivity contribution < 1.29 is 33.3 Å². The minimum absolute atomic E-state index is 0.0388. The highest BCUT2D eigenvalue weighted by Gasteiger charge is 2.63. The number of carbonyl (C=O) groups excluding carboxylic acids is 3. The zero-order chi connectivity index (χ0) is 16.3. The summed E-state index contributed by atoms with van der Waals surface area (Å²) in [5.41, 5.74) is 0. The van der Waals surface area contributed by atoms with Crippen LogP contribution in [0.15, 0.2) is 0 Å². The maximum Gasteiger partial charge on any atom is 0.421 e. The summed E-state index contributed by atoms with van der Waals surface area (Å²) in [5, 5.41) is 0. The lowest BCUT2D eigenvalue weighted by Gasteiger charge is -2.34. The molecule has 0 N–H and O–H groups in total. The zero-order valence-corrected chi connectivity index (χ0v) is 12.8. The van der Waals surface area contributed by atoms with Crippen LogP contribution >= 0.6 is 0 Å². The second-order valence-corrected chi connectivity index (χ2v) is 6.15. The minimum Gasteiger partial charge on any atom is -0.406 e. The van der Waals surface area contributed by atoms with E-state index in [9.17, 15) is 14.4 Å². The Kier molecular flexibility index (Phi) is 3.21. The molecule has 3 saturated heterocycles. The van der Waals surface area contributed by atoms with E-state index in [1.807, 2.05) is 0 Å². The number of rotatable bonds is 0. The van der Waals surface area contributed by atoms with Gasteiger partial charge < -0.3 is 23.8 Å². The maximum atomic E-state index is 12.6. The average Bonchev–Trinajstić information content (AvgIpc) is 2.91. The summed E-state index contributed by atoms with van der Waals surface area (Å²) in [5.74, 6) is -3.27. The summed E-state index contributed by atoms with van der Waals surface area (Å²) in [6.45, 7) is 3.12. The molecule has 1 spiro atoms. The van der Waals surface area contributed by atoms with E-state index < -0.39 is 41.7 Å². The number of hydrogen-bond acceptors (Lipinski definition) is 7. The van der Waals surface area contributed by atoms with Gasteiger partial charge in [0, 0.05) is 14.1 Å². The summed E-state index contributed by atoms with van der Waals surface area (Å²) in [4.78, 5) is 38.6. The number of nitrogens with zero attached hydrogens (tertiary/aromatic N) is 2. The number of hydrogen-bond donors (Lipinski definition) is 0. The molecule has 22 heavy (non-hydrogen) atoms. The van der Waals surface area contributed by atoms with Gasteiger partial charge >= 0.3 is 12.1 Å². The number of Topliss-reactive ketones (excluding diaryl/α,β-unsaturated/α-hetero) is 1. The Morgan fingerprint density at radius 2 is 1.95 bits per heavy atom. The molecule has 3 atom stereocenters. The Hall–Kier alpha value is -1.71. The van der Waals surface area contributed by atoms with E-state index in [0.29, 0.717) is 0 Å². The molecule has 3 heterocycles. The predicted octanol–water partition coefficient (Wildman–Crippen LogP) is -0.0641. The highest BCUT2D eigenvalue weighted by atomic mass is 16.8. The van der Waals surface area contributed by atoms with Crippen LogP contribution < -0.4 is 0 Å². The molecule has 0 aromatic heterocycles. The molecule has 0 unspecified atom stereocenters. The number of ketones is 1. The zero-order valence-electron chi connectivity index (χ0n) is 12.8. The summed E-state index contributed by atoms with van der Waals surface area (Å²) in [6.07, 6.45) is -2.35. The van der Waals surface area contributed by atoms with Crippen molar-refractivity contribution in [3.63, 3.8) is 0 Å². The third-order valence-electron chi connectivity index (χ3n) is 3.75. The summed E-state index contributed by atoms with van der Waals surface area (Å²) >= 11 is 0.